The lowest BCUT2D eigenvalue weighted by molar-refractivity contribution is 0.160. The highest BCUT2D eigenvalue weighted by Crippen LogP contribution is 2.23. The Balaban J connectivity index is 2.55. The highest BCUT2D eigenvalue weighted by Gasteiger charge is 2.10. The van der Waals surface area contributed by atoms with E-state index in [0.717, 1.165) is 10.9 Å². The summed E-state index contributed by atoms with van der Waals surface area (Å²) in [5, 5.41) is 8.90. The molecule has 1 rings (SSSR count). The molecule has 80 valence electrons. The maximum absolute atomic E-state index is 8.90. The summed E-state index contributed by atoms with van der Waals surface area (Å²) in [4.78, 5) is 3.47. The van der Waals surface area contributed by atoms with E-state index in [4.69, 9.17) is 16.7 Å². The van der Waals surface area contributed by atoms with Gasteiger partial charge in [0.2, 0.25) is 0 Å². The van der Waals surface area contributed by atoms with Gasteiger partial charge in [0.05, 0.1) is 10.9 Å². The van der Waals surface area contributed by atoms with E-state index in [2.05, 4.69) is 18.7 Å². The van der Waals surface area contributed by atoms with E-state index < -0.39 is 0 Å². The van der Waals surface area contributed by atoms with E-state index in [1.165, 1.54) is 4.88 Å². The van der Waals surface area contributed by atoms with Gasteiger partial charge in [-0.05, 0) is 26.0 Å². The minimum absolute atomic E-state index is 0.206. The molecule has 0 radical (unpaired) electrons. The van der Waals surface area contributed by atoms with Crippen LogP contribution in [0.3, 0.4) is 0 Å². The van der Waals surface area contributed by atoms with Gasteiger partial charge in [-0.1, -0.05) is 11.6 Å². The third kappa shape index (κ3) is 3.58. The van der Waals surface area contributed by atoms with Crippen LogP contribution < -0.4 is 0 Å². The Hall–Kier alpha value is -0.0900. The average Bonchev–Trinajstić information content (AvgIpc) is 2.50. The monoisotopic (exact) mass is 233 g/mol. The maximum atomic E-state index is 8.90. The number of halogens is 1. The third-order valence-corrected chi connectivity index (χ3v) is 3.32. The van der Waals surface area contributed by atoms with Crippen molar-refractivity contribution in [3.63, 3.8) is 0 Å². The van der Waals surface area contributed by atoms with E-state index in [9.17, 15) is 0 Å². The third-order valence-electron chi connectivity index (χ3n) is 2.11. The van der Waals surface area contributed by atoms with Gasteiger partial charge in [0.25, 0.3) is 0 Å². The summed E-state index contributed by atoms with van der Waals surface area (Å²) in [6.07, 6.45) is 0. The van der Waals surface area contributed by atoms with Gasteiger partial charge in [-0.2, -0.15) is 0 Å². The first-order chi connectivity index (χ1) is 6.63. The number of nitrogens with zero attached hydrogens (tertiary/aromatic N) is 1. The summed E-state index contributed by atoms with van der Waals surface area (Å²) in [5.74, 6) is 0. The Labute approximate surface area is 94.1 Å². The van der Waals surface area contributed by atoms with Crippen molar-refractivity contribution < 1.29 is 5.11 Å². The number of aliphatic hydroxyl groups is 1. The predicted molar refractivity (Wildman–Crippen MR) is 62.0 cm³/mol. The molecule has 1 aromatic heterocycles. The Morgan fingerprint density at radius 2 is 2.21 bits per heavy atom. The first kappa shape index (κ1) is 12.0. The molecule has 14 heavy (non-hydrogen) atoms. The SMILES string of the molecule is CC(C)N(CCO)Cc1ccc(Cl)s1. The average molecular weight is 234 g/mol. The van der Waals surface area contributed by atoms with Gasteiger partial charge in [0, 0.05) is 24.0 Å². The van der Waals surface area contributed by atoms with Crippen LogP contribution in [-0.2, 0) is 6.54 Å². The fourth-order valence-electron chi connectivity index (χ4n) is 1.29. The zero-order chi connectivity index (χ0) is 10.6. The summed E-state index contributed by atoms with van der Waals surface area (Å²) in [6.45, 7) is 6.05. The number of thiophene rings is 1. The van der Waals surface area contributed by atoms with Crippen LogP contribution in [0.4, 0.5) is 0 Å². The second kappa shape index (κ2) is 5.71. The molecular formula is C10H16ClNOS. The zero-order valence-electron chi connectivity index (χ0n) is 8.53. The highest BCUT2D eigenvalue weighted by molar-refractivity contribution is 7.16. The van der Waals surface area contributed by atoms with Crippen molar-refractivity contribution in [3.05, 3.63) is 21.3 Å². The van der Waals surface area contributed by atoms with Gasteiger partial charge in [-0.3, -0.25) is 4.90 Å². The molecule has 0 bridgehead atoms. The van der Waals surface area contributed by atoms with Gasteiger partial charge >= 0.3 is 0 Å². The summed E-state index contributed by atoms with van der Waals surface area (Å²) in [6, 6.07) is 4.40. The molecule has 0 aliphatic heterocycles. The lowest BCUT2D eigenvalue weighted by atomic mass is 10.3. The van der Waals surface area contributed by atoms with Crippen molar-refractivity contribution in [3.8, 4) is 0 Å². The van der Waals surface area contributed by atoms with Gasteiger partial charge in [-0.15, -0.1) is 11.3 Å². The van der Waals surface area contributed by atoms with Crippen molar-refractivity contribution in [1.82, 2.24) is 4.90 Å². The van der Waals surface area contributed by atoms with Crippen molar-refractivity contribution in [2.45, 2.75) is 26.4 Å². The van der Waals surface area contributed by atoms with Crippen molar-refractivity contribution in [1.29, 1.82) is 0 Å². The molecule has 0 saturated carbocycles. The summed E-state index contributed by atoms with van der Waals surface area (Å²) in [7, 11) is 0. The molecule has 1 heterocycles. The molecule has 0 fully saturated rings. The quantitative estimate of drug-likeness (QED) is 0.845. The summed E-state index contributed by atoms with van der Waals surface area (Å²) < 4.78 is 0.827. The van der Waals surface area contributed by atoms with Crippen LogP contribution in [0.2, 0.25) is 4.34 Å². The topological polar surface area (TPSA) is 23.5 Å². The van der Waals surface area contributed by atoms with Gasteiger partial charge < -0.3 is 5.11 Å². The fraction of sp³-hybridized carbons (Fsp3) is 0.600. The largest absolute Gasteiger partial charge is 0.395 e. The highest BCUT2D eigenvalue weighted by atomic mass is 35.5. The number of hydrogen-bond acceptors (Lipinski definition) is 3. The maximum Gasteiger partial charge on any atom is 0.0931 e. The second-order valence-electron chi connectivity index (χ2n) is 3.49. The number of hydrogen-bond donors (Lipinski definition) is 1. The second-order valence-corrected chi connectivity index (χ2v) is 5.29. The molecule has 0 aromatic carbocycles. The van der Waals surface area contributed by atoms with Gasteiger partial charge in [0.15, 0.2) is 0 Å². The molecule has 0 aliphatic carbocycles. The van der Waals surface area contributed by atoms with Crippen molar-refractivity contribution >= 4 is 22.9 Å². The van der Waals surface area contributed by atoms with Crippen LogP contribution in [0.5, 0.6) is 0 Å². The predicted octanol–water partition coefficient (Wildman–Crippen LogP) is 2.60. The van der Waals surface area contributed by atoms with E-state index in [0.29, 0.717) is 12.6 Å². The Morgan fingerprint density at radius 3 is 2.64 bits per heavy atom. The van der Waals surface area contributed by atoms with E-state index >= 15 is 0 Å². The molecule has 2 nitrogen and oxygen atoms in total. The zero-order valence-corrected chi connectivity index (χ0v) is 10.1. The van der Waals surface area contributed by atoms with Crippen LogP contribution in [-0.4, -0.2) is 29.2 Å². The minimum Gasteiger partial charge on any atom is -0.395 e. The number of rotatable bonds is 5. The summed E-state index contributed by atoms with van der Waals surface area (Å²) in [5.41, 5.74) is 0. The first-order valence-corrected chi connectivity index (χ1v) is 5.92. The molecular weight excluding hydrogens is 218 g/mol. The Bertz CT molecular complexity index is 275. The van der Waals surface area contributed by atoms with Crippen molar-refractivity contribution in [2.24, 2.45) is 0 Å². The molecule has 0 amide bonds. The standard InChI is InChI=1S/C10H16ClNOS/c1-8(2)12(5-6-13)7-9-3-4-10(11)14-9/h3-4,8,13H,5-7H2,1-2H3. The van der Waals surface area contributed by atoms with E-state index in [-0.39, 0.29) is 6.61 Å². The van der Waals surface area contributed by atoms with E-state index in [1.807, 2.05) is 12.1 Å². The van der Waals surface area contributed by atoms with Crippen LogP contribution in [0.1, 0.15) is 18.7 Å². The van der Waals surface area contributed by atoms with Crippen molar-refractivity contribution in [2.75, 3.05) is 13.2 Å². The molecule has 0 aliphatic rings. The Morgan fingerprint density at radius 1 is 1.50 bits per heavy atom. The first-order valence-electron chi connectivity index (χ1n) is 4.72. The summed E-state index contributed by atoms with van der Waals surface area (Å²) >= 11 is 7.45. The van der Waals surface area contributed by atoms with E-state index in [1.54, 1.807) is 11.3 Å². The molecule has 1 aromatic rings. The van der Waals surface area contributed by atoms with Gasteiger partial charge in [0.1, 0.15) is 0 Å². The molecule has 4 heteroatoms. The van der Waals surface area contributed by atoms with Crippen LogP contribution in [0.25, 0.3) is 0 Å². The molecule has 0 atom stereocenters. The lowest BCUT2D eigenvalue weighted by Crippen LogP contribution is -2.32. The lowest BCUT2D eigenvalue weighted by Gasteiger charge is -2.24. The normalized spacial score (nSPS) is 11.6. The van der Waals surface area contributed by atoms with Crippen LogP contribution in [0, 0.1) is 0 Å². The molecule has 0 spiro atoms. The van der Waals surface area contributed by atoms with Crippen LogP contribution >= 0.6 is 22.9 Å². The smallest absolute Gasteiger partial charge is 0.0931 e. The van der Waals surface area contributed by atoms with Crippen LogP contribution in [0.15, 0.2) is 12.1 Å². The minimum atomic E-state index is 0.206. The fourth-order valence-corrected chi connectivity index (χ4v) is 2.40. The molecule has 0 unspecified atom stereocenters. The number of aliphatic hydroxyl groups excluding tert-OH is 1. The molecule has 1 N–H and O–H groups in total. The Kier molecular flexibility index (Phi) is 4.89. The van der Waals surface area contributed by atoms with Gasteiger partial charge in [-0.25, -0.2) is 0 Å². The molecule has 0 saturated heterocycles.